The summed E-state index contributed by atoms with van der Waals surface area (Å²) in [7, 11) is 0. The van der Waals surface area contributed by atoms with Gasteiger partial charge in [-0.15, -0.1) is 11.6 Å². The van der Waals surface area contributed by atoms with Crippen LogP contribution in [0.4, 0.5) is 0 Å². The van der Waals surface area contributed by atoms with Gasteiger partial charge in [-0.1, -0.05) is 13.8 Å². The molecule has 0 amide bonds. The largest absolute Gasteiger partial charge is 0.347 e. The molecule has 0 radical (unpaired) electrons. The summed E-state index contributed by atoms with van der Waals surface area (Å²) < 4.78 is 11.1. The lowest BCUT2D eigenvalue weighted by Crippen LogP contribution is -2.31. The van der Waals surface area contributed by atoms with Gasteiger partial charge in [-0.2, -0.15) is 0 Å². The summed E-state index contributed by atoms with van der Waals surface area (Å²) in [5.74, 6) is -0.0789. The smallest absolute Gasteiger partial charge is 0.170 e. The van der Waals surface area contributed by atoms with Crippen molar-refractivity contribution in [3.05, 3.63) is 0 Å². The predicted octanol–water partition coefficient (Wildman–Crippen LogP) is 2.01. The Bertz CT molecular complexity index is 197. The quantitative estimate of drug-likeness (QED) is 0.589. The average Bonchev–Trinajstić information content (AvgIpc) is 2.38. The molecule has 1 heterocycles. The van der Waals surface area contributed by atoms with Crippen LogP contribution in [0.3, 0.4) is 0 Å². The second-order valence-corrected chi connectivity index (χ2v) is 4.88. The molecule has 2 aliphatic rings. The normalized spacial score (nSPS) is 43.0. The van der Waals surface area contributed by atoms with Crippen molar-refractivity contribution in [1.29, 1.82) is 0 Å². The summed E-state index contributed by atoms with van der Waals surface area (Å²) in [4.78, 5) is 0. The minimum Gasteiger partial charge on any atom is -0.347 e. The number of rotatable bonds is 1. The van der Waals surface area contributed by atoms with Crippen LogP contribution in [-0.4, -0.2) is 24.4 Å². The molecular weight excluding hydrogens is 176 g/mol. The van der Waals surface area contributed by atoms with Crippen LogP contribution in [0.5, 0.6) is 0 Å². The van der Waals surface area contributed by atoms with Crippen molar-refractivity contribution in [2.75, 3.05) is 13.2 Å². The molecule has 70 valence electrons. The molecule has 12 heavy (non-hydrogen) atoms. The topological polar surface area (TPSA) is 18.5 Å². The van der Waals surface area contributed by atoms with E-state index in [1.807, 2.05) is 6.92 Å². The molecule has 0 aromatic heterocycles. The van der Waals surface area contributed by atoms with E-state index in [-0.39, 0.29) is 10.8 Å². The Balaban J connectivity index is 2.11. The van der Waals surface area contributed by atoms with Crippen molar-refractivity contribution >= 4 is 11.6 Å². The van der Waals surface area contributed by atoms with Crippen LogP contribution in [0.25, 0.3) is 0 Å². The Kier molecular flexibility index (Phi) is 1.74. The fraction of sp³-hybridized carbons (Fsp3) is 1.00. The van der Waals surface area contributed by atoms with Gasteiger partial charge >= 0.3 is 0 Å². The van der Waals surface area contributed by atoms with Crippen LogP contribution < -0.4 is 0 Å². The fourth-order valence-corrected chi connectivity index (χ4v) is 2.84. The van der Waals surface area contributed by atoms with E-state index >= 15 is 0 Å². The third kappa shape index (κ3) is 1.02. The number of hydrogen-bond donors (Lipinski definition) is 0. The molecule has 1 saturated heterocycles. The second-order valence-electron chi connectivity index (χ2n) is 4.41. The highest BCUT2D eigenvalue weighted by molar-refractivity contribution is 6.23. The Morgan fingerprint density at radius 1 is 1.17 bits per heavy atom. The van der Waals surface area contributed by atoms with E-state index in [9.17, 15) is 0 Å². The maximum atomic E-state index is 6.15. The van der Waals surface area contributed by atoms with Gasteiger partial charge in [0.1, 0.15) is 0 Å². The van der Waals surface area contributed by atoms with Gasteiger partial charge in [0, 0.05) is 11.3 Å². The van der Waals surface area contributed by atoms with Crippen molar-refractivity contribution in [3.63, 3.8) is 0 Å². The zero-order valence-corrected chi connectivity index (χ0v) is 8.52. The second kappa shape index (κ2) is 2.37. The lowest BCUT2D eigenvalue weighted by atomic mass is 10.0. The SMILES string of the molecule is CC1(C2C(Cl)C2(C)C)OCCO1. The zero-order valence-electron chi connectivity index (χ0n) is 7.76. The van der Waals surface area contributed by atoms with E-state index < -0.39 is 5.79 Å². The van der Waals surface area contributed by atoms with Crippen LogP contribution in [0, 0.1) is 11.3 Å². The van der Waals surface area contributed by atoms with Gasteiger partial charge in [-0.25, -0.2) is 0 Å². The van der Waals surface area contributed by atoms with Crippen LogP contribution in [0.1, 0.15) is 20.8 Å². The summed E-state index contributed by atoms with van der Waals surface area (Å²) in [6.45, 7) is 7.71. The molecule has 2 atom stereocenters. The Labute approximate surface area is 78.2 Å². The maximum Gasteiger partial charge on any atom is 0.170 e. The summed E-state index contributed by atoms with van der Waals surface area (Å²) in [5, 5.41) is 0.195. The van der Waals surface area contributed by atoms with Crippen LogP contribution in [0.2, 0.25) is 0 Å². The third-order valence-electron chi connectivity index (χ3n) is 3.12. The standard InChI is InChI=1S/C9H15ClO2/c1-8(2)6(7(8)10)9(3)11-4-5-12-9/h6-7H,4-5H2,1-3H3. The molecule has 2 rings (SSSR count). The predicted molar refractivity (Wildman–Crippen MR) is 47.2 cm³/mol. The molecular formula is C9H15ClO2. The summed E-state index contributed by atoms with van der Waals surface area (Å²) in [6.07, 6.45) is 0. The van der Waals surface area contributed by atoms with Crippen LogP contribution >= 0.6 is 11.6 Å². The molecule has 0 aromatic carbocycles. The average molecular weight is 191 g/mol. The first-order valence-electron chi connectivity index (χ1n) is 4.40. The minimum absolute atomic E-state index is 0.167. The van der Waals surface area contributed by atoms with Gasteiger partial charge in [0.25, 0.3) is 0 Å². The first kappa shape index (κ1) is 8.79. The van der Waals surface area contributed by atoms with Gasteiger partial charge < -0.3 is 9.47 Å². The Morgan fingerprint density at radius 3 is 1.92 bits per heavy atom. The van der Waals surface area contributed by atoms with Gasteiger partial charge in [0.05, 0.1) is 13.2 Å². The van der Waals surface area contributed by atoms with Crippen molar-refractivity contribution in [2.24, 2.45) is 11.3 Å². The summed E-state index contributed by atoms with van der Waals surface area (Å²) >= 11 is 6.15. The van der Waals surface area contributed by atoms with E-state index in [0.29, 0.717) is 19.1 Å². The van der Waals surface area contributed by atoms with Gasteiger partial charge in [-0.3, -0.25) is 0 Å². The van der Waals surface area contributed by atoms with Crippen molar-refractivity contribution in [3.8, 4) is 0 Å². The minimum atomic E-state index is -0.421. The molecule has 2 fully saturated rings. The summed E-state index contributed by atoms with van der Waals surface area (Å²) in [6, 6.07) is 0. The van der Waals surface area contributed by atoms with Crippen molar-refractivity contribution in [2.45, 2.75) is 31.9 Å². The molecule has 2 nitrogen and oxygen atoms in total. The first-order valence-corrected chi connectivity index (χ1v) is 4.84. The van der Waals surface area contributed by atoms with Gasteiger partial charge in [0.15, 0.2) is 5.79 Å². The van der Waals surface area contributed by atoms with E-state index in [2.05, 4.69) is 13.8 Å². The number of alkyl halides is 1. The molecule has 2 unspecified atom stereocenters. The molecule has 0 bridgehead atoms. The van der Waals surface area contributed by atoms with Gasteiger partial charge in [0.2, 0.25) is 0 Å². The Hall–Kier alpha value is 0.210. The molecule has 0 N–H and O–H groups in total. The number of halogens is 1. The van der Waals surface area contributed by atoms with Crippen molar-refractivity contribution < 1.29 is 9.47 Å². The first-order chi connectivity index (χ1) is 5.48. The maximum absolute atomic E-state index is 6.15. The van der Waals surface area contributed by atoms with Crippen LogP contribution in [-0.2, 0) is 9.47 Å². The highest BCUT2D eigenvalue weighted by Crippen LogP contribution is 2.62. The molecule has 1 aliphatic heterocycles. The van der Waals surface area contributed by atoms with Crippen LogP contribution in [0.15, 0.2) is 0 Å². The summed E-state index contributed by atoms with van der Waals surface area (Å²) in [5.41, 5.74) is 0.167. The molecule has 3 heteroatoms. The molecule has 1 aliphatic carbocycles. The van der Waals surface area contributed by atoms with Crippen molar-refractivity contribution in [1.82, 2.24) is 0 Å². The van der Waals surface area contributed by atoms with E-state index in [4.69, 9.17) is 21.1 Å². The Morgan fingerprint density at radius 2 is 1.58 bits per heavy atom. The van der Waals surface area contributed by atoms with E-state index in [0.717, 1.165) is 0 Å². The lowest BCUT2D eigenvalue weighted by Gasteiger charge is -2.23. The third-order valence-corrected chi connectivity index (χ3v) is 3.94. The van der Waals surface area contributed by atoms with E-state index in [1.165, 1.54) is 0 Å². The highest BCUT2D eigenvalue weighted by atomic mass is 35.5. The monoisotopic (exact) mass is 190 g/mol. The van der Waals surface area contributed by atoms with E-state index in [1.54, 1.807) is 0 Å². The number of hydrogen-bond acceptors (Lipinski definition) is 2. The molecule has 0 aromatic rings. The van der Waals surface area contributed by atoms with Gasteiger partial charge in [-0.05, 0) is 12.3 Å². The fourth-order valence-electron chi connectivity index (χ4n) is 2.23. The lowest BCUT2D eigenvalue weighted by molar-refractivity contribution is -0.163. The zero-order chi connectivity index (χ0) is 8.98. The molecule has 0 spiro atoms. The number of ether oxygens (including phenoxy) is 2. The highest BCUT2D eigenvalue weighted by Gasteiger charge is 2.67. The molecule has 1 saturated carbocycles.